The number of nitrogens with zero attached hydrogens (tertiary/aromatic N) is 3. The number of halogens is 1. The first-order valence-electron chi connectivity index (χ1n) is 11.3. The molecule has 1 fully saturated rings. The minimum atomic E-state index is -0.0230. The lowest BCUT2D eigenvalue weighted by Crippen LogP contribution is -2.39. The van der Waals surface area contributed by atoms with Gasteiger partial charge in [-0.3, -0.25) is 9.59 Å². The average Bonchev–Trinajstić information content (AvgIpc) is 3.27. The molecule has 2 aromatic heterocycles. The second-order valence-corrected chi connectivity index (χ2v) is 9.49. The molecule has 7 heteroatoms. The Labute approximate surface area is 191 Å². The molecule has 1 N–H and O–H groups in total. The van der Waals surface area contributed by atoms with Gasteiger partial charge in [0.1, 0.15) is 5.52 Å². The van der Waals surface area contributed by atoms with Crippen LogP contribution in [0.3, 0.4) is 0 Å². The number of aromatic nitrogens is 2. The smallest absolute Gasteiger partial charge is 0.275 e. The molecule has 1 aromatic carbocycles. The summed E-state index contributed by atoms with van der Waals surface area (Å²) < 4.78 is 4.65. The number of hydrogen-bond acceptors (Lipinski definition) is 3. The SMILES string of the molecule is CN(CCNC(=O)CCCn1c(=O)c2cccn2c2ccc(Br)cc21)C1CCCCC1. The third-order valence-electron chi connectivity index (χ3n) is 6.47. The highest BCUT2D eigenvalue weighted by molar-refractivity contribution is 9.10. The Morgan fingerprint density at radius 3 is 2.77 bits per heavy atom. The summed E-state index contributed by atoms with van der Waals surface area (Å²) in [6.45, 7) is 2.08. The lowest BCUT2D eigenvalue weighted by atomic mass is 9.94. The Morgan fingerprint density at radius 1 is 1.16 bits per heavy atom. The van der Waals surface area contributed by atoms with Crippen LogP contribution in [0, 0.1) is 0 Å². The van der Waals surface area contributed by atoms with Gasteiger partial charge in [-0.05, 0) is 56.6 Å². The van der Waals surface area contributed by atoms with Crippen LogP contribution in [0.15, 0.2) is 45.8 Å². The predicted octanol–water partition coefficient (Wildman–Crippen LogP) is 4.18. The van der Waals surface area contributed by atoms with E-state index in [0.717, 1.165) is 22.1 Å². The fraction of sp³-hybridized carbons (Fsp3) is 0.500. The van der Waals surface area contributed by atoms with Gasteiger partial charge < -0.3 is 19.2 Å². The van der Waals surface area contributed by atoms with Gasteiger partial charge in [-0.25, -0.2) is 0 Å². The summed E-state index contributed by atoms with van der Waals surface area (Å²) >= 11 is 3.51. The second kappa shape index (κ2) is 10.0. The van der Waals surface area contributed by atoms with E-state index in [0.29, 0.717) is 37.5 Å². The van der Waals surface area contributed by atoms with Crippen molar-refractivity contribution in [2.45, 2.75) is 57.5 Å². The Morgan fingerprint density at radius 2 is 1.97 bits per heavy atom. The van der Waals surface area contributed by atoms with Crippen LogP contribution in [0.1, 0.15) is 44.9 Å². The number of amides is 1. The number of fused-ring (bicyclic) bond motifs is 3. The van der Waals surface area contributed by atoms with Crippen molar-refractivity contribution in [3.63, 3.8) is 0 Å². The summed E-state index contributed by atoms with van der Waals surface area (Å²) in [7, 11) is 2.16. The first kappa shape index (κ1) is 22.1. The lowest BCUT2D eigenvalue weighted by Gasteiger charge is -2.31. The monoisotopic (exact) mass is 486 g/mol. The Hall–Kier alpha value is -2.12. The molecule has 0 aliphatic heterocycles. The molecule has 0 radical (unpaired) electrons. The van der Waals surface area contributed by atoms with Crippen LogP contribution in [0.4, 0.5) is 0 Å². The van der Waals surface area contributed by atoms with Gasteiger partial charge >= 0.3 is 0 Å². The molecule has 6 nitrogen and oxygen atoms in total. The van der Waals surface area contributed by atoms with Gasteiger partial charge in [0.2, 0.25) is 5.91 Å². The molecule has 0 unspecified atom stereocenters. The number of benzene rings is 1. The zero-order chi connectivity index (χ0) is 21.8. The van der Waals surface area contributed by atoms with E-state index in [4.69, 9.17) is 0 Å². The summed E-state index contributed by atoms with van der Waals surface area (Å²) in [6.07, 6.45) is 9.50. The van der Waals surface area contributed by atoms with E-state index in [2.05, 4.69) is 33.2 Å². The lowest BCUT2D eigenvalue weighted by molar-refractivity contribution is -0.121. The molecule has 4 rings (SSSR count). The zero-order valence-electron chi connectivity index (χ0n) is 18.1. The van der Waals surface area contributed by atoms with Crippen LogP contribution in [0.2, 0.25) is 0 Å². The van der Waals surface area contributed by atoms with Crippen molar-refractivity contribution in [2.75, 3.05) is 20.1 Å². The number of hydrogen-bond donors (Lipinski definition) is 1. The fourth-order valence-corrected chi connectivity index (χ4v) is 5.06. The fourth-order valence-electron chi connectivity index (χ4n) is 4.71. The minimum Gasteiger partial charge on any atom is -0.355 e. The quantitative estimate of drug-likeness (QED) is 0.519. The number of aryl methyl sites for hydroxylation is 1. The van der Waals surface area contributed by atoms with E-state index in [1.807, 2.05) is 40.9 Å². The molecule has 0 atom stereocenters. The number of carbonyl (C=O) groups excluding carboxylic acids is 1. The molecule has 1 aliphatic rings. The Bertz CT molecular complexity index is 1110. The summed E-state index contributed by atoms with van der Waals surface area (Å²) in [5, 5.41) is 3.05. The molecule has 0 saturated heterocycles. The molecule has 31 heavy (non-hydrogen) atoms. The van der Waals surface area contributed by atoms with Gasteiger partial charge in [0.05, 0.1) is 11.0 Å². The molecule has 1 aliphatic carbocycles. The summed E-state index contributed by atoms with van der Waals surface area (Å²) in [4.78, 5) is 27.7. The van der Waals surface area contributed by atoms with E-state index < -0.39 is 0 Å². The average molecular weight is 487 g/mol. The van der Waals surface area contributed by atoms with Crippen molar-refractivity contribution in [1.29, 1.82) is 0 Å². The van der Waals surface area contributed by atoms with Crippen molar-refractivity contribution >= 4 is 38.4 Å². The van der Waals surface area contributed by atoms with Gasteiger partial charge in [-0.2, -0.15) is 0 Å². The van der Waals surface area contributed by atoms with E-state index in [-0.39, 0.29) is 11.5 Å². The van der Waals surface area contributed by atoms with Gasteiger partial charge in [0.25, 0.3) is 5.56 Å². The minimum absolute atomic E-state index is 0.0230. The predicted molar refractivity (Wildman–Crippen MR) is 129 cm³/mol. The second-order valence-electron chi connectivity index (χ2n) is 8.58. The van der Waals surface area contributed by atoms with Crippen molar-refractivity contribution in [2.24, 2.45) is 0 Å². The van der Waals surface area contributed by atoms with Crippen molar-refractivity contribution in [1.82, 2.24) is 19.2 Å². The van der Waals surface area contributed by atoms with Gasteiger partial charge in [0.15, 0.2) is 0 Å². The van der Waals surface area contributed by atoms with Gasteiger partial charge in [-0.15, -0.1) is 0 Å². The molecular weight excluding hydrogens is 456 g/mol. The third kappa shape index (κ3) is 5.04. The molecular formula is C24H31BrN4O2. The summed E-state index contributed by atoms with van der Waals surface area (Å²) in [5.41, 5.74) is 2.49. The number of nitrogens with one attached hydrogen (secondary N) is 1. The van der Waals surface area contributed by atoms with Gasteiger partial charge in [-0.1, -0.05) is 35.2 Å². The Kier molecular flexibility index (Phi) is 7.13. The first-order valence-corrected chi connectivity index (χ1v) is 12.1. The van der Waals surface area contributed by atoms with Crippen molar-refractivity contribution < 1.29 is 4.79 Å². The maximum absolute atomic E-state index is 13.0. The maximum Gasteiger partial charge on any atom is 0.275 e. The van der Waals surface area contributed by atoms with Crippen LogP contribution >= 0.6 is 15.9 Å². The number of rotatable bonds is 8. The topological polar surface area (TPSA) is 58.8 Å². The Balaban J connectivity index is 1.34. The van der Waals surface area contributed by atoms with Gasteiger partial charge in [0, 0.05) is 42.8 Å². The molecule has 166 valence electrons. The van der Waals surface area contributed by atoms with E-state index >= 15 is 0 Å². The third-order valence-corrected chi connectivity index (χ3v) is 6.96. The normalized spacial score (nSPS) is 15.2. The number of likely N-dealkylation sites (N-methyl/N-ethyl adjacent to an activating group) is 1. The molecule has 0 spiro atoms. The highest BCUT2D eigenvalue weighted by Gasteiger charge is 2.17. The zero-order valence-corrected chi connectivity index (χ0v) is 19.7. The maximum atomic E-state index is 13.0. The molecule has 1 amide bonds. The first-order chi connectivity index (χ1) is 15.0. The highest BCUT2D eigenvalue weighted by Crippen LogP contribution is 2.22. The standard InChI is InChI=1S/C24H31BrN4O2/c1-27(19-7-3-2-4-8-19)16-13-26-23(30)10-6-15-29-22-17-18(25)11-12-20(22)28-14-5-9-21(28)24(29)31/h5,9,11-12,14,17,19H,2-4,6-8,10,13,15-16H2,1H3,(H,26,30). The van der Waals surface area contributed by atoms with E-state index in [1.165, 1.54) is 32.1 Å². The van der Waals surface area contributed by atoms with Crippen LogP contribution in [0.25, 0.3) is 16.6 Å². The molecule has 3 aromatic rings. The van der Waals surface area contributed by atoms with Crippen LogP contribution in [-0.4, -0.2) is 46.0 Å². The molecule has 2 heterocycles. The van der Waals surface area contributed by atoms with Crippen molar-refractivity contribution in [3.8, 4) is 0 Å². The highest BCUT2D eigenvalue weighted by atomic mass is 79.9. The molecule has 0 bridgehead atoms. The van der Waals surface area contributed by atoms with Crippen LogP contribution in [0.5, 0.6) is 0 Å². The largest absolute Gasteiger partial charge is 0.355 e. The van der Waals surface area contributed by atoms with Crippen LogP contribution < -0.4 is 10.9 Å². The van der Waals surface area contributed by atoms with Crippen molar-refractivity contribution in [3.05, 3.63) is 51.4 Å². The number of carbonyl (C=O) groups is 1. The van der Waals surface area contributed by atoms with E-state index in [9.17, 15) is 9.59 Å². The summed E-state index contributed by atoms with van der Waals surface area (Å²) in [6, 6.07) is 10.4. The molecule has 1 saturated carbocycles. The summed E-state index contributed by atoms with van der Waals surface area (Å²) in [5.74, 6) is 0.0549. The van der Waals surface area contributed by atoms with Crippen LogP contribution in [-0.2, 0) is 11.3 Å². The van der Waals surface area contributed by atoms with E-state index in [1.54, 1.807) is 4.57 Å².